The van der Waals surface area contributed by atoms with Crippen molar-refractivity contribution in [1.29, 1.82) is 0 Å². The van der Waals surface area contributed by atoms with Crippen LogP contribution >= 0.6 is 12.4 Å². The lowest BCUT2D eigenvalue weighted by molar-refractivity contribution is -0.307. The van der Waals surface area contributed by atoms with Gasteiger partial charge in [-0.05, 0) is 19.4 Å². The Morgan fingerprint density at radius 2 is 2.20 bits per heavy atom. The highest BCUT2D eigenvalue weighted by Crippen LogP contribution is 1.89. The maximum atomic E-state index is 9.93. The zero-order valence-corrected chi connectivity index (χ0v) is 6.39. The Morgan fingerprint density at radius 3 is 2.50 bits per heavy atom. The summed E-state index contributed by atoms with van der Waals surface area (Å²) in [6.07, 6.45) is 1.04. The molecule has 0 aromatic rings. The molecule has 0 aromatic heterocycles. The Labute approximate surface area is 67.5 Å². The molecule has 1 atom stereocenters. The predicted molar refractivity (Wildman–Crippen MR) is 39.6 cm³/mol. The van der Waals surface area contributed by atoms with Crippen LogP contribution in [0.5, 0.6) is 0 Å². The van der Waals surface area contributed by atoms with E-state index < -0.39 is 12.0 Å². The van der Waals surface area contributed by atoms with E-state index in [1.807, 2.05) is 0 Å². The SMILES string of the molecule is Cl.NCCC[C@H](N)C(=O)[O-].[H+]. The maximum absolute atomic E-state index is 9.93. The average molecular weight is 169 g/mol. The molecule has 0 bridgehead atoms. The predicted octanol–water partition coefficient (Wildman–Crippen LogP) is -1.66. The third-order valence-corrected chi connectivity index (χ3v) is 1.02. The van der Waals surface area contributed by atoms with Crippen molar-refractivity contribution in [3.63, 3.8) is 0 Å². The monoisotopic (exact) mass is 168 g/mol. The maximum Gasteiger partial charge on any atom is 1.00 e. The van der Waals surface area contributed by atoms with E-state index in [0.717, 1.165) is 0 Å². The van der Waals surface area contributed by atoms with Crippen LogP contribution in [-0.4, -0.2) is 18.6 Å². The number of halogens is 1. The van der Waals surface area contributed by atoms with E-state index in [0.29, 0.717) is 19.4 Å². The van der Waals surface area contributed by atoms with Crippen molar-refractivity contribution in [2.75, 3.05) is 6.54 Å². The fourth-order valence-corrected chi connectivity index (χ4v) is 0.456. The molecule has 0 aliphatic carbocycles. The first kappa shape index (κ1) is 12.4. The molecule has 5 heteroatoms. The Bertz CT molecular complexity index is 104. The van der Waals surface area contributed by atoms with Crippen molar-refractivity contribution in [2.45, 2.75) is 18.9 Å². The molecule has 0 aliphatic heterocycles. The normalized spacial score (nSPS) is 11.8. The van der Waals surface area contributed by atoms with Crippen LogP contribution in [0.1, 0.15) is 14.3 Å². The first-order chi connectivity index (χ1) is 4.18. The lowest BCUT2D eigenvalue weighted by Crippen LogP contribution is -2.41. The number of carbonyl (C=O) groups is 1. The first-order valence-corrected chi connectivity index (χ1v) is 2.85. The van der Waals surface area contributed by atoms with Crippen molar-refractivity contribution in [3.05, 3.63) is 0 Å². The number of hydrogen-bond acceptors (Lipinski definition) is 4. The minimum atomic E-state index is -1.21. The van der Waals surface area contributed by atoms with E-state index in [1.165, 1.54) is 0 Å². The van der Waals surface area contributed by atoms with Gasteiger partial charge < -0.3 is 21.4 Å². The summed E-state index contributed by atoms with van der Waals surface area (Å²) in [6.45, 7) is 0.473. The fourth-order valence-electron chi connectivity index (χ4n) is 0.456. The van der Waals surface area contributed by atoms with Gasteiger partial charge in [0.05, 0.1) is 5.97 Å². The molecule has 0 radical (unpaired) electrons. The molecule has 0 amide bonds. The quantitative estimate of drug-likeness (QED) is 0.526. The van der Waals surface area contributed by atoms with Gasteiger partial charge in [0.2, 0.25) is 0 Å². The number of carboxylic acid groups (broad SMARTS) is 1. The third kappa shape index (κ3) is 5.81. The van der Waals surface area contributed by atoms with E-state index >= 15 is 0 Å². The number of hydrogen-bond donors (Lipinski definition) is 2. The van der Waals surface area contributed by atoms with Gasteiger partial charge in [0.15, 0.2) is 0 Å². The largest absolute Gasteiger partial charge is 1.00 e. The highest BCUT2D eigenvalue weighted by Gasteiger charge is 1.99. The Kier molecular flexibility index (Phi) is 8.40. The number of rotatable bonds is 4. The van der Waals surface area contributed by atoms with Crippen molar-refractivity contribution >= 4 is 18.4 Å². The third-order valence-electron chi connectivity index (χ3n) is 1.02. The van der Waals surface area contributed by atoms with E-state index in [-0.39, 0.29) is 13.8 Å². The van der Waals surface area contributed by atoms with Gasteiger partial charge in [-0.25, -0.2) is 0 Å². The van der Waals surface area contributed by atoms with Crippen LogP contribution in [0, 0.1) is 0 Å². The van der Waals surface area contributed by atoms with Crippen LogP contribution in [0.15, 0.2) is 0 Å². The molecule has 0 saturated heterocycles. The number of carbonyl (C=O) groups excluding carboxylic acids is 1. The molecule has 0 aliphatic rings. The second-order valence-corrected chi connectivity index (χ2v) is 1.86. The number of nitrogens with two attached hydrogens (primary N) is 2. The summed E-state index contributed by atoms with van der Waals surface area (Å²) in [5.41, 5.74) is 10.2. The Balaban J connectivity index is -0.000000320. The summed E-state index contributed by atoms with van der Waals surface area (Å²) in [6, 6.07) is -0.853. The van der Waals surface area contributed by atoms with E-state index in [1.54, 1.807) is 0 Å². The zero-order chi connectivity index (χ0) is 7.28. The van der Waals surface area contributed by atoms with Crippen molar-refractivity contribution in [3.8, 4) is 0 Å². The lowest BCUT2D eigenvalue weighted by Gasteiger charge is -2.10. The van der Waals surface area contributed by atoms with Crippen molar-refractivity contribution in [2.24, 2.45) is 11.5 Å². The Morgan fingerprint density at radius 1 is 1.70 bits per heavy atom. The van der Waals surface area contributed by atoms with E-state index in [2.05, 4.69) is 0 Å². The molecular formula is C5H13ClN2O2. The molecule has 0 unspecified atom stereocenters. The number of carboxylic acids is 1. The molecule has 0 fully saturated rings. The summed E-state index contributed by atoms with van der Waals surface area (Å²) < 4.78 is 0. The minimum Gasteiger partial charge on any atom is -0.548 e. The van der Waals surface area contributed by atoms with Gasteiger partial charge in [-0.15, -0.1) is 12.4 Å². The molecule has 0 saturated carbocycles. The van der Waals surface area contributed by atoms with Gasteiger partial charge in [-0.2, -0.15) is 0 Å². The molecule has 62 valence electrons. The summed E-state index contributed by atoms with van der Waals surface area (Å²) in [5, 5.41) is 9.93. The van der Waals surface area contributed by atoms with E-state index in [4.69, 9.17) is 11.5 Å². The van der Waals surface area contributed by atoms with Gasteiger partial charge in [-0.3, -0.25) is 0 Å². The second kappa shape index (κ2) is 6.80. The standard InChI is InChI=1S/C5H12N2O2.ClH/c6-3-1-2-4(7)5(8)9;/h4H,1-3,6-7H2,(H,8,9);1H/t4-;/m0./s1. The first-order valence-electron chi connectivity index (χ1n) is 2.85. The summed E-state index contributed by atoms with van der Waals surface area (Å²) in [4.78, 5) is 9.93. The minimum absolute atomic E-state index is 0. The topological polar surface area (TPSA) is 92.2 Å². The van der Waals surface area contributed by atoms with Gasteiger partial charge in [0.25, 0.3) is 0 Å². The van der Waals surface area contributed by atoms with Crippen molar-refractivity contribution in [1.82, 2.24) is 0 Å². The number of aliphatic carboxylic acids is 1. The van der Waals surface area contributed by atoms with Crippen LogP contribution in [0.25, 0.3) is 0 Å². The molecule has 4 N–H and O–H groups in total. The van der Waals surface area contributed by atoms with Crippen LogP contribution in [-0.2, 0) is 4.79 Å². The molecule has 0 aromatic carbocycles. The van der Waals surface area contributed by atoms with E-state index in [9.17, 15) is 9.90 Å². The molecule has 0 spiro atoms. The summed E-state index contributed by atoms with van der Waals surface area (Å²) >= 11 is 0. The zero-order valence-electron chi connectivity index (χ0n) is 6.58. The molecule has 0 rings (SSSR count). The molecule has 10 heavy (non-hydrogen) atoms. The molecule has 0 heterocycles. The van der Waals surface area contributed by atoms with Crippen LogP contribution in [0.3, 0.4) is 0 Å². The van der Waals surface area contributed by atoms with Gasteiger partial charge in [0.1, 0.15) is 0 Å². The van der Waals surface area contributed by atoms with Crippen LogP contribution < -0.4 is 16.6 Å². The molecular weight excluding hydrogens is 156 g/mol. The second-order valence-electron chi connectivity index (χ2n) is 1.86. The highest BCUT2D eigenvalue weighted by atomic mass is 35.5. The van der Waals surface area contributed by atoms with Crippen molar-refractivity contribution < 1.29 is 11.3 Å². The summed E-state index contributed by atoms with van der Waals surface area (Å²) in [7, 11) is 0. The van der Waals surface area contributed by atoms with Gasteiger partial charge >= 0.3 is 1.43 Å². The smallest absolute Gasteiger partial charge is 0.548 e. The fraction of sp³-hybridized carbons (Fsp3) is 0.800. The molecule has 4 nitrogen and oxygen atoms in total. The highest BCUT2D eigenvalue weighted by molar-refractivity contribution is 5.85. The lowest BCUT2D eigenvalue weighted by atomic mass is 10.2. The van der Waals surface area contributed by atoms with Crippen LogP contribution in [0.4, 0.5) is 0 Å². The summed E-state index contributed by atoms with van der Waals surface area (Å²) in [5.74, 6) is -1.21. The van der Waals surface area contributed by atoms with Gasteiger partial charge in [0, 0.05) is 6.04 Å². The Hall–Kier alpha value is -0.320. The van der Waals surface area contributed by atoms with Crippen LogP contribution in [0.2, 0.25) is 0 Å². The van der Waals surface area contributed by atoms with Gasteiger partial charge in [-0.1, -0.05) is 0 Å². The average Bonchev–Trinajstić information content (AvgIpc) is 1.82.